The predicted molar refractivity (Wildman–Crippen MR) is 153 cm³/mol. The first-order chi connectivity index (χ1) is 18.3. The lowest BCUT2D eigenvalue weighted by Gasteiger charge is -2.15. The first-order valence-electron chi connectivity index (χ1n) is 12.8. The molecule has 0 aromatic heterocycles. The summed E-state index contributed by atoms with van der Waals surface area (Å²) in [4.78, 5) is 25.4. The van der Waals surface area contributed by atoms with E-state index in [1.165, 1.54) is 12.2 Å². The van der Waals surface area contributed by atoms with Gasteiger partial charge in [0.1, 0.15) is 19.0 Å². The molecule has 0 aliphatic rings. The van der Waals surface area contributed by atoms with E-state index in [-0.39, 0.29) is 17.5 Å². The smallest absolute Gasteiger partial charge is 0.166 e. The average Bonchev–Trinajstić information content (AvgIpc) is 2.93. The van der Waals surface area contributed by atoms with Gasteiger partial charge < -0.3 is 31.4 Å². The van der Waals surface area contributed by atoms with Crippen molar-refractivity contribution in [1.82, 2.24) is 0 Å². The minimum atomic E-state index is -0.814. The average molecular weight is 526 g/mol. The highest BCUT2D eigenvalue weighted by Crippen LogP contribution is 2.22. The highest BCUT2D eigenvalue weighted by atomic mass is 16.5. The Morgan fingerprint density at radius 2 is 1.63 bits per heavy atom. The molecular weight excluding hydrogens is 482 g/mol. The zero-order chi connectivity index (χ0) is 28.3. The maximum absolute atomic E-state index is 12.7. The van der Waals surface area contributed by atoms with Crippen molar-refractivity contribution < 1.29 is 23.8 Å². The standard InChI is InChI=1S/C30H43N3O5/c1-5-7-29(37-18-16-32)30(38-19-17-33)20-22(2)9-12-26(34)23(3)27(35)13-10-24-11-14-28(36-4)25(21-24)8-6-15-31/h5,7,9-14,20-23H,1,6,8,15-19,31-33H2,2-4H3/b12-9+,13-10+,29-7+,30-20+. The van der Waals surface area contributed by atoms with Crippen LogP contribution in [-0.4, -0.2) is 51.5 Å². The number of ketones is 2. The van der Waals surface area contributed by atoms with Crippen molar-refractivity contribution in [2.45, 2.75) is 26.7 Å². The lowest BCUT2D eigenvalue weighted by molar-refractivity contribution is -0.126. The van der Waals surface area contributed by atoms with Gasteiger partial charge in [0.25, 0.3) is 0 Å². The number of benzene rings is 1. The van der Waals surface area contributed by atoms with Gasteiger partial charge in [0.05, 0.1) is 13.0 Å². The molecule has 0 aliphatic heterocycles. The summed E-state index contributed by atoms with van der Waals surface area (Å²) in [5.41, 5.74) is 18.6. The molecule has 208 valence electrons. The third-order valence-electron chi connectivity index (χ3n) is 5.49. The molecule has 2 unspecified atom stereocenters. The largest absolute Gasteiger partial charge is 0.496 e. The quantitative estimate of drug-likeness (QED) is 0.108. The molecule has 8 heteroatoms. The maximum Gasteiger partial charge on any atom is 0.166 e. The molecule has 0 aliphatic carbocycles. The van der Waals surface area contributed by atoms with Gasteiger partial charge in [0, 0.05) is 13.1 Å². The van der Waals surface area contributed by atoms with Crippen molar-refractivity contribution >= 4 is 17.6 Å². The Bertz CT molecular complexity index is 1030. The van der Waals surface area contributed by atoms with Crippen molar-refractivity contribution in [1.29, 1.82) is 0 Å². The van der Waals surface area contributed by atoms with E-state index < -0.39 is 5.92 Å². The second-order valence-corrected chi connectivity index (χ2v) is 8.61. The topological polar surface area (TPSA) is 140 Å². The molecule has 0 saturated heterocycles. The van der Waals surface area contributed by atoms with Crippen LogP contribution in [0.15, 0.2) is 72.8 Å². The number of carbonyl (C=O) groups excluding carboxylic acids is 2. The lowest BCUT2D eigenvalue weighted by Crippen LogP contribution is -2.17. The van der Waals surface area contributed by atoms with Crippen LogP contribution in [0.3, 0.4) is 0 Å². The molecule has 1 rings (SSSR count). The minimum absolute atomic E-state index is 0.189. The van der Waals surface area contributed by atoms with Crippen LogP contribution in [0, 0.1) is 11.8 Å². The van der Waals surface area contributed by atoms with Crippen LogP contribution in [0.5, 0.6) is 5.75 Å². The summed E-state index contributed by atoms with van der Waals surface area (Å²) in [6.45, 7) is 9.05. The van der Waals surface area contributed by atoms with Gasteiger partial charge in [-0.15, -0.1) is 0 Å². The molecule has 0 spiro atoms. The Hall–Kier alpha value is -3.46. The summed E-state index contributed by atoms with van der Waals surface area (Å²) in [6.07, 6.45) is 13.0. The highest BCUT2D eigenvalue weighted by molar-refractivity contribution is 6.12. The van der Waals surface area contributed by atoms with E-state index in [2.05, 4.69) is 6.58 Å². The first kappa shape index (κ1) is 32.6. The Labute approximate surface area is 226 Å². The maximum atomic E-state index is 12.7. The van der Waals surface area contributed by atoms with Crippen LogP contribution in [-0.2, 0) is 25.5 Å². The van der Waals surface area contributed by atoms with E-state index in [4.69, 9.17) is 31.4 Å². The third-order valence-corrected chi connectivity index (χ3v) is 5.49. The van der Waals surface area contributed by atoms with Crippen molar-refractivity contribution in [3.63, 3.8) is 0 Å². The van der Waals surface area contributed by atoms with Gasteiger partial charge in [0.2, 0.25) is 0 Å². The van der Waals surface area contributed by atoms with Gasteiger partial charge in [-0.2, -0.15) is 0 Å². The number of carbonyl (C=O) groups is 2. The van der Waals surface area contributed by atoms with Crippen LogP contribution in [0.25, 0.3) is 6.08 Å². The third kappa shape index (κ3) is 11.7. The molecule has 38 heavy (non-hydrogen) atoms. The molecule has 0 amide bonds. The van der Waals surface area contributed by atoms with Crippen LogP contribution in [0.2, 0.25) is 0 Å². The van der Waals surface area contributed by atoms with Crippen LogP contribution in [0.4, 0.5) is 0 Å². The molecule has 8 nitrogen and oxygen atoms in total. The zero-order valence-electron chi connectivity index (χ0n) is 22.9. The fraction of sp³-hybridized carbons (Fsp3) is 0.400. The second kappa shape index (κ2) is 18.7. The van der Waals surface area contributed by atoms with Gasteiger partial charge in [0.15, 0.2) is 23.1 Å². The van der Waals surface area contributed by atoms with Crippen LogP contribution < -0.4 is 21.9 Å². The molecule has 0 heterocycles. The van der Waals surface area contributed by atoms with Crippen LogP contribution in [0.1, 0.15) is 31.4 Å². The molecule has 6 N–H and O–H groups in total. The van der Waals surface area contributed by atoms with E-state index >= 15 is 0 Å². The number of hydrogen-bond acceptors (Lipinski definition) is 8. The monoisotopic (exact) mass is 525 g/mol. The molecular formula is C30H43N3O5. The molecule has 0 bridgehead atoms. The minimum Gasteiger partial charge on any atom is -0.496 e. The fourth-order valence-corrected chi connectivity index (χ4v) is 3.39. The summed E-state index contributed by atoms with van der Waals surface area (Å²) < 4.78 is 16.8. The molecule has 2 atom stereocenters. The fourth-order valence-electron chi connectivity index (χ4n) is 3.39. The summed E-state index contributed by atoms with van der Waals surface area (Å²) in [6, 6.07) is 5.70. The SMILES string of the molecule is C=C/C=C(OCCN)\C(=C/C(C)/C=C/C(=O)C(C)C(=O)/C=C/c1ccc(OC)c(CCCN)c1)OCCN. The normalized spacial score (nSPS) is 13.9. The predicted octanol–water partition coefficient (Wildman–Crippen LogP) is 3.47. The number of allylic oxidation sites excluding steroid dienone is 6. The molecule has 1 aromatic rings. The highest BCUT2D eigenvalue weighted by Gasteiger charge is 2.17. The van der Waals surface area contributed by atoms with Crippen molar-refractivity contribution in [2.75, 3.05) is 40.0 Å². The summed E-state index contributed by atoms with van der Waals surface area (Å²) in [7, 11) is 1.62. The van der Waals surface area contributed by atoms with Gasteiger partial charge in [-0.3, -0.25) is 9.59 Å². The van der Waals surface area contributed by atoms with Gasteiger partial charge in [-0.1, -0.05) is 37.8 Å². The molecule has 1 aromatic carbocycles. The van der Waals surface area contributed by atoms with E-state index in [1.807, 2.05) is 31.2 Å². The summed E-state index contributed by atoms with van der Waals surface area (Å²) >= 11 is 0. The summed E-state index contributed by atoms with van der Waals surface area (Å²) in [5.74, 6) is 0.170. The first-order valence-corrected chi connectivity index (χ1v) is 12.8. The molecule has 0 radical (unpaired) electrons. The summed E-state index contributed by atoms with van der Waals surface area (Å²) in [5, 5.41) is 0. The molecule has 0 saturated carbocycles. The lowest BCUT2D eigenvalue weighted by atomic mass is 9.98. The second-order valence-electron chi connectivity index (χ2n) is 8.61. The van der Waals surface area contributed by atoms with Gasteiger partial charge >= 0.3 is 0 Å². The molecule has 0 fully saturated rings. The van der Waals surface area contributed by atoms with E-state index in [0.29, 0.717) is 44.4 Å². The Morgan fingerprint density at radius 3 is 2.24 bits per heavy atom. The number of hydrogen-bond donors (Lipinski definition) is 3. The van der Waals surface area contributed by atoms with Gasteiger partial charge in [-0.05, 0) is 79.8 Å². The number of aryl methyl sites for hydroxylation is 1. The Morgan fingerprint density at radius 1 is 0.974 bits per heavy atom. The van der Waals surface area contributed by atoms with E-state index in [1.54, 1.807) is 38.3 Å². The number of nitrogens with two attached hydrogens (primary N) is 3. The zero-order valence-corrected chi connectivity index (χ0v) is 22.9. The van der Waals surface area contributed by atoms with Gasteiger partial charge in [-0.25, -0.2) is 0 Å². The number of ether oxygens (including phenoxy) is 3. The number of methoxy groups -OCH3 is 1. The van der Waals surface area contributed by atoms with E-state index in [0.717, 1.165) is 29.7 Å². The number of rotatable bonds is 19. The van der Waals surface area contributed by atoms with Crippen LogP contribution >= 0.6 is 0 Å². The van der Waals surface area contributed by atoms with E-state index in [9.17, 15) is 9.59 Å². The Balaban J connectivity index is 2.92. The van der Waals surface area contributed by atoms with Crippen molar-refractivity contribution in [3.8, 4) is 5.75 Å². The Kier molecular flexibility index (Phi) is 16.1. The van der Waals surface area contributed by atoms with Crippen molar-refractivity contribution in [2.24, 2.45) is 29.0 Å². The van der Waals surface area contributed by atoms with Crippen molar-refractivity contribution in [3.05, 3.63) is 83.9 Å².